The van der Waals surface area contributed by atoms with Crippen LogP contribution in [-0.2, 0) is 6.42 Å². The molecule has 0 spiro atoms. The van der Waals surface area contributed by atoms with E-state index in [0.717, 1.165) is 54.9 Å². The maximum atomic E-state index is 4.73. The zero-order chi connectivity index (χ0) is 15.5. The van der Waals surface area contributed by atoms with Crippen LogP contribution in [-0.4, -0.2) is 23.1 Å². The van der Waals surface area contributed by atoms with Crippen molar-refractivity contribution in [3.63, 3.8) is 0 Å². The summed E-state index contributed by atoms with van der Waals surface area (Å²) in [7, 11) is 0. The molecule has 4 nitrogen and oxygen atoms in total. The van der Waals surface area contributed by atoms with Crippen LogP contribution in [0.4, 0.5) is 11.6 Å². The van der Waals surface area contributed by atoms with E-state index in [1.807, 2.05) is 0 Å². The van der Waals surface area contributed by atoms with Gasteiger partial charge in [0.1, 0.15) is 17.5 Å². The van der Waals surface area contributed by atoms with Crippen LogP contribution in [0.1, 0.15) is 58.3 Å². The van der Waals surface area contributed by atoms with Crippen molar-refractivity contribution < 1.29 is 0 Å². The second kappa shape index (κ2) is 6.63. The summed E-state index contributed by atoms with van der Waals surface area (Å²) in [5.41, 5.74) is 1.62. The van der Waals surface area contributed by atoms with Gasteiger partial charge in [-0.25, -0.2) is 9.97 Å². The number of hydrogen-bond donors (Lipinski definition) is 2. The molecule has 118 valence electrons. The van der Waals surface area contributed by atoms with Gasteiger partial charge in [-0.1, -0.05) is 20.8 Å². The Bertz CT molecular complexity index is 478. The molecule has 1 aliphatic rings. The summed E-state index contributed by atoms with van der Waals surface area (Å²) in [6.07, 6.45) is 4.68. The molecule has 0 bridgehead atoms. The molecule has 4 heteroatoms. The van der Waals surface area contributed by atoms with Crippen LogP contribution < -0.4 is 10.6 Å². The summed E-state index contributed by atoms with van der Waals surface area (Å²) in [6, 6.07) is 0. The smallest absolute Gasteiger partial charge is 0.134 e. The molecule has 0 amide bonds. The highest BCUT2D eigenvalue weighted by atomic mass is 15.1. The van der Waals surface area contributed by atoms with Crippen molar-refractivity contribution in [3.8, 4) is 0 Å². The standard InChI is InChI=1S/C17H30N4/c1-6-8-14-20-15(18-7-2)13(5)16(21-14)19-11-17(9-10-17)12(3)4/h12H,6-11H2,1-5H3,(H2,18,19,20,21). The van der Waals surface area contributed by atoms with Crippen LogP contribution >= 0.6 is 0 Å². The van der Waals surface area contributed by atoms with Gasteiger partial charge >= 0.3 is 0 Å². The summed E-state index contributed by atoms with van der Waals surface area (Å²) in [4.78, 5) is 9.38. The van der Waals surface area contributed by atoms with Crippen molar-refractivity contribution in [2.24, 2.45) is 11.3 Å². The number of nitrogens with one attached hydrogen (secondary N) is 2. The molecule has 0 aliphatic heterocycles. The second-order valence-corrected chi connectivity index (χ2v) is 6.61. The molecule has 0 atom stereocenters. The van der Waals surface area contributed by atoms with Crippen LogP contribution in [0.5, 0.6) is 0 Å². The molecule has 1 fully saturated rings. The zero-order valence-corrected chi connectivity index (χ0v) is 14.2. The Balaban J connectivity index is 2.16. The Morgan fingerprint density at radius 2 is 1.71 bits per heavy atom. The van der Waals surface area contributed by atoms with Gasteiger partial charge in [-0.05, 0) is 44.4 Å². The molecule has 1 aromatic rings. The lowest BCUT2D eigenvalue weighted by atomic mass is 9.92. The molecule has 21 heavy (non-hydrogen) atoms. The molecule has 1 aromatic heterocycles. The summed E-state index contributed by atoms with van der Waals surface area (Å²) in [6.45, 7) is 12.9. The summed E-state index contributed by atoms with van der Waals surface area (Å²) >= 11 is 0. The average molecular weight is 290 g/mol. The Hall–Kier alpha value is -1.32. The third-order valence-corrected chi connectivity index (χ3v) is 4.73. The topological polar surface area (TPSA) is 49.8 Å². The number of nitrogens with zero attached hydrogens (tertiary/aromatic N) is 2. The van der Waals surface area contributed by atoms with Gasteiger partial charge in [0.05, 0.1) is 0 Å². The molecule has 1 saturated carbocycles. The van der Waals surface area contributed by atoms with Gasteiger partial charge < -0.3 is 10.6 Å². The van der Waals surface area contributed by atoms with Crippen molar-refractivity contribution in [3.05, 3.63) is 11.4 Å². The number of rotatable bonds is 8. The Morgan fingerprint density at radius 1 is 1.10 bits per heavy atom. The van der Waals surface area contributed by atoms with E-state index in [1.165, 1.54) is 12.8 Å². The van der Waals surface area contributed by atoms with E-state index in [4.69, 9.17) is 4.98 Å². The maximum Gasteiger partial charge on any atom is 0.134 e. The minimum absolute atomic E-state index is 0.487. The van der Waals surface area contributed by atoms with Gasteiger partial charge in [0.2, 0.25) is 0 Å². The highest BCUT2D eigenvalue weighted by Crippen LogP contribution is 2.51. The number of aryl methyl sites for hydroxylation is 1. The normalized spacial score (nSPS) is 16.1. The van der Waals surface area contributed by atoms with Crippen LogP contribution in [0, 0.1) is 18.3 Å². The number of hydrogen-bond acceptors (Lipinski definition) is 4. The first-order valence-corrected chi connectivity index (χ1v) is 8.37. The van der Waals surface area contributed by atoms with Crippen LogP contribution in [0.3, 0.4) is 0 Å². The molecular formula is C17H30N4. The first kappa shape index (κ1) is 16.1. The lowest BCUT2D eigenvalue weighted by molar-refractivity contribution is 0.379. The van der Waals surface area contributed by atoms with Gasteiger partial charge in [0, 0.05) is 25.1 Å². The Morgan fingerprint density at radius 3 is 2.19 bits per heavy atom. The molecule has 0 radical (unpaired) electrons. The molecule has 2 rings (SSSR count). The van der Waals surface area contributed by atoms with Crippen molar-refractivity contribution in [2.75, 3.05) is 23.7 Å². The Labute approximate surface area is 129 Å². The fourth-order valence-corrected chi connectivity index (χ4v) is 2.79. The number of aromatic nitrogens is 2. The predicted molar refractivity (Wildman–Crippen MR) is 89.9 cm³/mol. The van der Waals surface area contributed by atoms with Gasteiger partial charge in [-0.15, -0.1) is 0 Å². The van der Waals surface area contributed by atoms with E-state index in [2.05, 4.69) is 50.2 Å². The second-order valence-electron chi connectivity index (χ2n) is 6.61. The molecule has 0 unspecified atom stereocenters. The average Bonchev–Trinajstić information content (AvgIpc) is 3.22. The molecular weight excluding hydrogens is 260 g/mol. The van der Waals surface area contributed by atoms with Crippen molar-refractivity contribution in [1.82, 2.24) is 9.97 Å². The van der Waals surface area contributed by atoms with Crippen molar-refractivity contribution >= 4 is 11.6 Å². The minimum Gasteiger partial charge on any atom is -0.370 e. The van der Waals surface area contributed by atoms with E-state index < -0.39 is 0 Å². The van der Waals surface area contributed by atoms with E-state index in [-0.39, 0.29) is 0 Å². The van der Waals surface area contributed by atoms with E-state index in [0.29, 0.717) is 5.41 Å². The lowest BCUT2D eigenvalue weighted by Gasteiger charge is -2.22. The largest absolute Gasteiger partial charge is 0.370 e. The predicted octanol–water partition coefficient (Wildman–Crippen LogP) is 4.02. The molecule has 0 saturated heterocycles. The fraction of sp³-hybridized carbons (Fsp3) is 0.765. The minimum atomic E-state index is 0.487. The summed E-state index contributed by atoms with van der Waals surface area (Å²) in [5.74, 6) is 3.66. The van der Waals surface area contributed by atoms with Gasteiger partial charge in [0.15, 0.2) is 0 Å². The molecule has 1 heterocycles. The van der Waals surface area contributed by atoms with E-state index in [1.54, 1.807) is 0 Å². The van der Waals surface area contributed by atoms with Crippen LogP contribution in [0.2, 0.25) is 0 Å². The fourth-order valence-electron chi connectivity index (χ4n) is 2.79. The summed E-state index contributed by atoms with van der Waals surface area (Å²) < 4.78 is 0. The van der Waals surface area contributed by atoms with Crippen LogP contribution in [0.15, 0.2) is 0 Å². The van der Waals surface area contributed by atoms with Gasteiger partial charge in [-0.2, -0.15) is 0 Å². The van der Waals surface area contributed by atoms with E-state index in [9.17, 15) is 0 Å². The first-order valence-electron chi connectivity index (χ1n) is 8.37. The highest BCUT2D eigenvalue weighted by Gasteiger charge is 2.45. The van der Waals surface area contributed by atoms with Crippen LogP contribution in [0.25, 0.3) is 0 Å². The lowest BCUT2D eigenvalue weighted by Crippen LogP contribution is -2.22. The third-order valence-electron chi connectivity index (χ3n) is 4.73. The van der Waals surface area contributed by atoms with Gasteiger partial charge in [-0.3, -0.25) is 0 Å². The summed E-state index contributed by atoms with van der Waals surface area (Å²) in [5, 5.41) is 6.96. The molecule has 2 N–H and O–H groups in total. The zero-order valence-electron chi connectivity index (χ0n) is 14.2. The quantitative estimate of drug-likeness (QED) is 0.759. The Kier molecular flexibility index (Phi) is 5.07. The van der Waals surface area contributed by atoms with Gasteiger partial charge in [0.25, 0.3) is 0 Å². The third kappa shape index (κ3) is 3.66. The highest BCUT2D eigenvalue weighted by molar-refractivity contribution is 5.57. The monoisotopic (exact) mass is 290 g/mol. The first-order chi connectivity index (χ1) is 10.0. The van der Waals surface area contributed by atoms with E-state index >= 15 is 0 Å². The SMILES string of the molecule is CCCc1nc(NCC)c(C)c(NCC2(C(C)C)CC2)n1. The molecule has 0 aromatic carbocycles. The van der Waals surface area contributed by atoms with Crippen molar-refractivity contribution in [2.45, 2.75) is 60.3 Å². The van der Waals surface area contributed by atoms with Crippen molar-refractivity contribution in [1.29, 1.82) is 0 Å². The number of anilines is 2. The molecule has 1 aliphatic carbocycles. The maximum absolute atomic E-state index is 4.73.